The van der Waals surface area contributed by atoms with Crippen LogP contribution in [0.1, 0.15) is 24.8 Å². The van der Waals surface area contributed by atoms with Gasteiger partial charge in [-0.15, -0.1) is 11.3 Å². The summed E-state index contributed by atoms with van der Waals surface area (Å²) >= 11 is 1.70. The van der Waals surface area contributed by atoms with Crippen molar-refractivity contribution in [3.8, 4) is 10.4 Å². The molecule has 6 heteroatoms. The zero-order valence-electron chi connectivity index (χ0n) is 15.2. The topological polar surface area (TPSA) is 72.6 Å². The van der Waals surface area contributed by atoms with E-state index in [-0.39, 0.29) is 17.9 Å². The number of benzene rings is 1. The number of hydrogen-bond donors (Lipinski definition) is 1. The Kier molecular flexibility index (Phi) is 5.02. The third-order valence-corrected chi connectivity index (χ3v) is 6.61. The van der Waals surface area contributed by atoms with Gasteiger partial charge in [-0.2, -0.15) is 0 Å². The monoisotopic (exact) mass is 384 g/mol. The molecule has 2 atom stereocenters. The normalized spacial score (nSPS) is 25.0. The van der Waals surface area contributed by atoms with Crippen molar-refractivity contribution in [3.05, 3.63) is 47.3 Å². The van der Waals surface area contributed by atoms with Gasteiger partial charge in [-0.05, 0) is 48.3 Å². The number of likely N-dealkylation sites (tertiary alicyclic amines) is 1. The first-order valence-electron chi connectivity index (χ1n) is 9.41. The Balaban J connectivity index is 1.48. The lowest BCUT2D eigenvalue weighted by atomic mass is 9.80. The molecule has 0 saturated carbocycles. The van der Waals surface area contributed by atoms with Crippen molar-refractivity contribution in [3.63, 3.8) is 0 Å². The number of carbonyl (C=O) groups excluding carboxylic acids is 2. The van der Waals surface area contributed by atoms with Gasteiger partial charge in [0.25, 0.3) is 5.91 Å². The molecule has 2 fully saturated rings. The van der Waals surface area contributed by atoms with Gasteiger partial charge in [-0.1, -0.05) is 30.3 Å². The van der Waals surface area contributed by atoms with Gasteiger partial charge in [0.05, 0.1) is 5.41 Å². The van der Waals surface area contributed by atoms with Crippen molar-refractivity contribution in [2.45, 2.75) is 31.8 Å². The highest BCUT2D eigenvalue weighted by Gasteiger charge is 2.46. The van der Waals surface area contributed by atoms with Gasteiger partial charge in [-0.25, -0.2) is 0 Å². The van der Waals surface area contributed by atoms with Gasteiger partial charge in [0.2, 0.25) is 5.91 Å². The van der Waals surface area contributed by atoms with Crippen molar-refractivity contribution >= 4 is 23.2 Å². The first-order valence-corrected chi connectivity index (χ1v) is 10.3. The van der Waals surface area contributed by atoms with Crippen LogP contribution in [0, 0.1) is 5.41 Å². The fourth-order valence-electron chi connectivity index (χ4n) is 4.09. The number of primary amides is 1. The lowest BCUT2D eigenvalue weighted by molar-refractivity contribution is -0.140. The zero-order chi connectivity index (χ0) is 18.9. The second-order valence-corrected chi connectivity index (χ2v) is 8.45. The molecule has 0 aliphatic carbocycles. The maximum atomic E-state index is 12.6. The van der Waals surface area contributed by atoms with Gasteiger partial charge >= 0.3 is 0 Å². The SMILES string of the molecule is NC(=O)[C@@]1(Cc2ccc(-c3cccs3)cc2)CCN(C(=O)[C@H]2CCCO2)C1. The molecule has 5 nitrogen and oxygen atoms in total. The Labute approximate surface area is 163 Å². The van der Waals surface area contributed by atoms with E-state index in [0.29, 0.717) is 32.5 Å². The molecule has 2 N–H and O–H groups in total. The van der Waals surface area contributed by atoms with E-state index in [0.717, 1.165) is 18.4 Å². The highest BCUT2D eigenvalue weighted by Crippen LogP contribution is 2.36. The largest absolute Gasteiger partial charge is 0.369 e. The van der Waals surface area contributed by atoms with Crippen molar-refractivity contribution in [1.29, 1.82) is 0 Å². The van der Waals surface area contributed by atoms with Crippen molar-refractivity contribution in [2.75, 3.05) is 19.7 Å². The van der Waals surface area contributed by atoms with E-state index in [4.69, 9.17) is 10.5 Å². The van der Waals surface area contributed by atoms with Gasteiger partial charge in [-0.3, -0.25) is 9.59 Å². The number of amides is 2. The summed E-state index contributed by atoms with van der Waals surface area (Å²) in [4.78, 5) is 27.9. The van der Waals surface area contributed by atoms with E-state index in [2.05, 4.69) is 35.7 Å². The van der Waals surface area contributed by atoms with E-state index in [1.165, 1.54) is 10.4 Å². The molecule has 4 rings (SSSR count). The van der Waals surface area contributed by atoms with E-state index in [9.17, 15) is 9.59 Å². The maximum absolute atomic E-state index is 12.6. The molecule has 142 valence electrons. The summed E-state index contributed by atoms with van der Waals surface area (Å²) in [5, 5.41) is 2.06. The number of nitrogens with two attached hydrogens (primary N) is 1. The van der Waals surface area contributed by atoms with Crippen molar-refractivity contribution in [2.24, 2.45) is 11.1 Å². The Morgan fingerprint density at radius 3 is 2.70 bits per heavy atom. The molecule has 2 aliphatic heterocycles. The van der Waals surface area contributed by atoms with Crippen LogP contribution in [0.15, 0.2) is 41.8 Å². The minimum absolute atomic E-state index is 0.00340. The van der Waals surface area contributed by atoms with E-state index < -0.39 is 5.41 Å². The Morgan fingerprint density at radius 1 is 1.26 bits per heavy atom. The molecular formula is C21H24N2O3S. The average Bonchev–Trinajstić information content (AvgIpc) is 3.43. The highest BCUT2D eigenvalue weighted by atomic mass is 32.1. The summed E-state index contributed by atoms with van der Waals surface area (Å²) in [6, 6.07) is 12.4. The van der Waals surface area contributed by atoms with Crippen LogP contribution >= 0.6 is 11.3 Å². The van der Waals surface area contributed by atoms with Gasteiger partial charge in [0, 0.05) is 24.6 Å². The fraction of sp³-hybridized carbons (Fsp3) is 0.429. The summed E-state index contributed by atoms with van der Waals surface area (Å²) in [7, 11) is 0. The molecule has 2 amide bonds. The van der Waals surface area contributed by atoms with Crippen LogP contribution in [0.25, 0.3) is 10.4 Å². The molecule has 0 radical (unpaired) electrons. The molecule has 1 aromatic carbocycles. The molecule has 2 saturated heterocycles. The average molecular weight is 385 g/mol. The van der Waals surface area contributed by atoms with Crippen LogP contribution in [-0.4, -0.2) is 42.5 Å². The predicted molar refractivity (Wildman–Crippen MR) is 105 cm³/mol. The van der Waals surface area contributed by atoms with Crippen LogP contribution in [0.5, 0.6) is 0 Å². The number of thiophene rings is 1. The van der Waals surface area contributed by atoms with Gasteiger partial charge in [0.15, 0.2) is 0 Å². The second-order valence-electron chi connectivity index (χ2n) is 7.51. The third-order valence-electron chi connectivity index (χ3n) is 5.70. The molecule has 0 bridgehead atoms. The molecule has 2 aromatic rings. The van der Waals surface area contributed by atoms with Crippen LogP contribution in [0.2, 0.25) is 0 Å². The smallest absolute Gasteiger partial charge is 0.251 e. The highest BCUT2D eigenvalue weighted by molar-refractivity contribution is 7.13. The summed E-state index contributed by atoms with van der Waals surface area (Å²) in [6.45, 7) is 1.59. The number of hydrogen-bond acceptors (Lipinski definition) is 4. The summed E-state index contributed by atoms with van der Waals surface area (Å²) in [5.74, 6) is -0.323. The zero-order valence-corrected chi connectivity index (χ0v) is 16.0. The third kappa shape index (κ3) is 3.64. The quantitative estimate of drug-likeness (QED) is 0.862. The lowest BCUT2D eigenvalue weighted by Crippen LogP contribution is -2.44. The van der Waals surface area contributed by atoms with Gasteiger partial charge < -0.3 is 15.4 Å². The van der Waals surface area contributed by atoms with Crippen LogP contribution < -0.4 is 5.73 Å². The number of nitrogens with zero attached hydrogens (tertiary/aromatic N) is 1. The van der Waals surface area contributed by atoms with E-state index in [1.807, 2.05) is 6.07 Å². The Morgan fingerprint density at radius 2 is 2.07 bits per heavy atom. The summed E-state index contributed by atoms with van der Waals surface area (Å²) in [6.07, 6.45) is 2.50. The summed E-state index contributed by atoms with van der Waals surface area (Å²) in [5.41, 5.74) is 7.34. The molecule has 27 heavy (non-hydrogen) atoms. The van der Waals surface area contributed by atoms with Gasteiger partial charge in [0.1, 0.15) is 6.10 Å². The van der Waals surface area contributed by atoms with Crippen molar-refractivity contribution in [1.82, 2.24) is 4.90 Å². The van der Waals surface area contributed by atoms with Crippen LogP contribution in [0.4, 0.5) is 0 Å². The molecule has 1 aromatic heterocycles. The molecule has 2 aliphatic rings. The Bertz CT molecular complexity index is 812. The maximum Gasteiger partial charge on any atom is 0.251 e. The molecule has 0 unspecified atom stereocenters. The minimum atomic E-state index is -0.696. The molecular weight excluding hydrogens is 360 g/mol. The Hall–Kier alpha value is -2.18. The number of ether oxygens (including phenoxy) is 1. The lowest BCUT2D eigenvalue weighted by Gasteiger charge is -2.27. The fourth-order valence-corrected chi connectivity index (χ4v) is 4.82. The van der Waals surface area contributed by atoms with E-state index >= 15 is 0 Å². The minimum Gasteiger partial charge on any atom is -0.369 e. The first-order chi connectivity index (χ1) is 13.1. The number of rotatable bonds is 5. The van der Waals surface area contributed by atoms with Crippen molar-refractivity contribution < 1.29 is 14.3 Å². The second kappa shape index (κ2) is 7.44. The van der Waals surface area contributed by atoms with E-state index in [1.54, 1.807) is 16.2 Å². The van der Waals surface area contributed by atoms with Crippen LogP contribution in [0.3, 0.4) is 0 Å². The predicted octanol–water partition coefficient (Wildman–Crippen LogP) is 2.84. The first kappa shape index (κ1) is 18.2. The summed E-state index contributed by atoms with van der Waals surface area (Å²) < 4.78 is 5.52. The standard InChI is InChI=1S/C21H24N2O3S/c22-20(25)21(9-10-23(14-21)19(24)17-3-1-11-26-17)13-15-5-7-16(8-6-15)18-4-2-12-27-18/h2,4-8,12,17H,1,3,9-11,13-14H2,(H2,22,25)/t17-,21-/m1/s1. The molecule has 0 spiro atoms. The van der Waals surface area contributed by atoms with Crippen LogP contribution in [-0.2, 0) is 20.7 Å². The number of carbonyl (C=O) groups is 2. The molecule has 3 heterocycles.